The highest BCUT2D eigenvalue weighted by atomic mass is 127. The highest BCUT2D eigenvalue weighted by molar-refractivity contribution is 14.0. The van der Waals surface area contributed by atoms with Crippen LogP contribution in [0.25, 0.3) is 0 Å². The third-order valence-corrected chi connectivity index (χ3v) is 4.31. The van der Waals surface area contributed by atoms with Crippen LogP contribution in [0.4, 0.5) is 13.2 Å². The molecule has 0 aromatic heterocycles. The quantitative estimate of drug-likeness (QED) is 0.292. The fourth-order valence-corrected chi connectivity index (χ4v) is 2.68. The lowest BCUT2D eigenvalue weighted by Gasteiger charge is -2.18. The van der Waals surface area contributed by atoms with Crippen LogP contribution in [0.3, 0.4) is 0 Å². The monoisotopic (exact) mass is 550 g/mol. The molecule has 0 aliphatic heterocycles. The third kappa shape index (κ3) is 9.03. The zero-order valence-corrected chi connectivity index (χ0v) is 19.6. The Hall–Kier alpha value is -2.50. The van der Waals surface area contributed by atoms with Crippen molar-refractivity contribution in [3.05, 3.63) is 65.2 Å². The van der Waals surface area contributed by atoms with Gasteiger partial charge >= 0.3 is 6.36 Å². The average molecular weight is 550 g/mol. The molecule has 0 unspecified atom stereocenters. The van der Waals surface area contributed by atoms with Gasteiger partial charge in [0.05, 0.1) is 6.54 Å². The van der Waals surface area contributed by atoms with Gasteiger partial charge in [0, 0.05) is 25.2 Å². The molecule has 170 valence electrons. The number of alkyl halides is 3. The number of benzene rings is 2. The molecule has 0 bridgehead atoms. The summed E-state index contributed by atoms with van der Waals surface area (Å²) in [4.78, 5) is 18.2. The molecule has 1 amide bonds. The zero-order valence-electron chi connectivity index (χ0n) is 17.3. The summed E-state index contributed by atoms with van der Waals surface area (Å²) in [7, 11) is 0. The Labute approximate surface area is 196 Å². The van der Waals surface area contributed by atoms with Gasteiger partial charge in [0.1, 0.15) is 5.75 Å². The normalized spacial score (nSPS) is 11.5. The molecule has 2 aromatic rings. The number of halogens is 4. The minimum Gasteiger partial charge on any atom is -0.406 e. The molecule has 0 saturated carbocycles. The number of carbonyl (C=O) groups excluding carboxylic acids is 1. The second-order valence-corrected chi connectivity index (χ2v) is 6.42. The van der Waals surface area contributed by atoms with Crippen molar-refractivity contribution < 1.29 is 22.7 Å². The average Bonchev–Trinajstić information content (AvgIpc) is 2.72. The Morgan fingerprint density at radius 3 is 2.10 bits per heavy atom. The summed E-state index contributed by atoms with van der Waals surface area (Å²) >= 11 is 0. The first-order valence-electron chi connectivity index (χ1n) is 9.48. The number of nitrogens with one attached hydrogen (secondary N) is 1. The lowest BCUT2D eigenvalue weighted by molar-refractivity contribution is -0.274. The lowest BCUT2D eigenvalue weighted by Crippen LogP contribution is -2.31. The van der Waals surface area contributed by atoms with E-state index >= 15 is 0 Å². The molecule has 0 saturated heterocycles. The Balaban J connectivity index is 0.00000480. The SMILES string of the molecule is CCN(CC)C(=O)c1ccc(CNC(N)=NCc2ccc(OC(F)(F)F)cc2)cc1.I. The smallest absolute Gasteiger partial charge is 0.406 e. The largest absolute Gasteiger partial charge is 0.573 e. The van der Waals surface area contributed by atoms with Gasteiger partial charge in [0.25, 0.3) is 5.91 Å². The number of carbonyl (C=O) groups is 1. The van der Waals surface area contributed by atoms with E-state index < -0.39 is 6.36 Å². The number of amides is 1. The van der Waals surface area contributed by atoms with E-state index in [0.29, 0.717) is 30.8 Å². The van der Waals surface area contributed by atoms with Gasteiger partial charge in [-0.1, -0.05) is 24.3 Å². The van der Waals surface area contributed by atoms with Crippen molar-refractivity contribution in [3.8, 4) is 5.75 Å². The topological polar surface area (TPSA) is 80.0 Å². The number of rotatable bonds is 8. The maximum atomic E-state index is 12.3. The maximum absolute atomic E-state index is 12.3. The molecule has 0 aliphatic rings. The van der Waals surface area contributed by atoms with E-state index in [1.54, 1.807) is 17.0 Å². The van der Waals surface area contributed by atoms with Gasteiger partial charge in [-0.3, -0.25) is 4.79 Å². The van der Waals surface area contributed by atoms with Gasteiger partial charge < -0.3 is 20.7 Å². The van der Waals surface area contributed by atoms with E-state index in [-0.39, 0.29) is 48.1 Å². The Bertz CT molecular complexity index is 852. The van der Waals surface area contributed by atoms with Gasteiger partial charge in [-0.2, -0.15) is 0 Å². The van der Waals surface area contributed by atoms with E-state index in [1.807, 2.05) is 26.0 Å². The number of hydrogen-bond acceptors (Lipinski definition) is 3. The van der Waals surface area contributed by atoms with Gasteiger partial charge in [-0.05, 0) is 49.2 Å². The first kappa shape index (κ1) is 26.5. The summed E-state index contributed by atoms with van der Waals surface area (Å²) < 4.78 is 40.3. The lowest BCUT2D eigenvalue weighted by atomic mass is 10.1. The van der Waals surface area contributed by atoms with E-state index in [4.69, 9.17) is 5.73 Å². The van der Waals surface area contributed by atoms with Crippen LogP contribution in [0.5, 0.6) is 5.75 Å². The maximum Gasteiger partial charge on any atom is 0.573 e. The van der Waals surface area contributed by atoms with Crippen LogP contribution in [0, 0.1) is 0 Å². The minimum absolute atomic E-state index is 0. The van der Waals surface area contributed by atoms with Crippen LogP contribution < -0.4 is 15.8 Å². The fourth-order valence-electron chi connectivity index (χ4n) is 2.68. The van der Waals surface area contributed by atoms with Crippen molar-refractivity contribution in [1.82, 2.24) is 10.2 Å². The first-order valence-corrected chi connectivity index (χ1v) is 9.48. The van der Waals surface area contributed by atoms with Crippen molar-refractivity contribution in [2.24, 2.45) is 10.7 Å². The summed E-state index contributed by atoms with van der Waals surface area (Å²) in [6, 6.07) is 12.7. The molecule has 10 heteroatoms. The molecular formula is C21H26F3IN4O2. The standard InChI is InChI=1S/C21H25F3N4O2.HI/c1-3-28(4-2)19(29)17-9-5-15(6-10-17)13-26-20(25)27-14-16-7-11-18(12-8-16)30-21(22,23)24;/h5-12H,3-4,13-14H2,1-2H3,(H3,25,26,27);1H. The van der Waals surface area contributed by atoms with E-state index in [9.17, 15) is 18.0 Å². The molecule has 31 heavy (non-hydrogen) atoms. The number of ether oxygens (including phenoxy) is 1. The minimum atomic E-state index is -4.72. The molecule has 0 fully saturated rings. The van der Waals surface area contributed by atoms with Crippen LogP contribution in [-0.4, -0.2) is 36.2 Å². The number of nitrogens with two attached hydrogens (primary N) is 1. The molecule has 0 radical (unpaired) electrons. The fraction of sp³-hybridized carbons (Fsp3) is 0.333. The number of hydrogen-bond donors (Lipinski definition) is 2. The van der Waals surface area contributed by atoms with Crippen molar-refractivity contribution in [1.29, 1.82) is 0 Å². The number of nitrogens with zero attached hydrogens (tertiary/aromatic N) is 2. The van der Waals surface area contributed by atoms with E-state index in [1.165, 1.54) is 24.3 Å². The van der Waals surface area contributed by atoms with Crippen LogP contribution >= 0.6 is 24.0 Å². The molecule has 2 rings (SSSR count). The molecule has 0 heterocycles. The third-order valence-electron chi connectivity index (χ3n) is 4.31. The molecule has 0 atom stereocenters. The second-order valence-electron chi connectivity index (χ2n) is 6.42. The van der Waals surface area contributed by atoms with Crippen molar-refractivity contribution >= 4 is 35.8 Å². The van der Waals surface area contributed by atoms with Gasteiger partial charge in [-0.25, -0.2) is 4.99 Å². The summed E-state index contributed by atoms with van der Waals surface area (Å²) in [5, 5.41) is 2.96. The Kier molecular flexibility index (Phi) is 10.6. The predicted molar refractivity (Wildman–Crippen MR) is 124 cm³/mol. The van der Waals surface area contributed by atoms with Gasteiger partial charge in [0.15, 0.2) is 5.96 Å². The summed E-state index contributed by atoms with van der Waals surface area (Å²) in [5.74, 6) is -0.0922. The van der Waals surface area contributed by atoms with E-state index in [2.05, 4.69) is 15.0 Å². The first-order chi connectivity index (χ1) is 14.2. The molecule has 0 spiro atoms. The second kappa shape index (κ2) is 12.4. The summed E-state index contributed by atoms with van der Waals surface area (Å²) in [5.41, 5.74) is 8.09. The highest BCUT2D eigenvalue weighted by Gasteiger charge is 2.30. The molecule has 2 aromatic carbocycles. The van der Waals surface area contributed by atoms with E-state index in [0.717, 1.165) is 5.56 Å². The molecular weight excluding hydrogens is 524 g/mol. The van der Waals surface area contributed by atoms with Crippen LogP contribution in [0.2, 0.25) is 0 Å². The summed E-state index contributed by atoms with van der Waals surface area (Å²) in [6.07, 6.45) is -4.72. The molecule has 3 N–H and O–H groups in total. The van der Waals surface area contributed by atoms with Crippen LogP contribution in [0.1, 0.15) is 35.3 Å². The highest BCUT2D eigenvalue weighted by Crippen LogP contribution is 2.22. The summed E-state index contributed by atoms with van der Waals surface area (Å²) in [6.45, 7) is 5.82. The number of aliphatic imine (C=N–C) groups is 1. The Morgan fingerprint density at radius 2 is 1.58 bits per heavy atom. The van der Waals surface area contributed by atoms with Crippen molar-refractivity contribution in [2.75, 3.05) is 13.1 Å². The van der Waals surface area contributed by atoms with Gasteiger partial charge in [-0.15, -0.1) is 37.1 Å². The van der Waals surface area contributed by atoms with Crippen molar-refractivity contribution in [2.45, 2.75) is 33.3 Å². The predicted octanol–water partition coefficient (Wildman–Crippen LogP) is 4.29. The zero-order chi connectivity index (χ0) is 22.1. The van der Waals surface area contributed by atoms with Gasteiger partial charge in [0.2, 0.25) is 0 Å². The number of guanidine groups is 1. The van der Waals surface area contributed by atoms with Crippen LogP contribution in [0.15, 0.2) is 53.5 Å². The van der Waals surface area contributed by atoms with Crippen molar-refractivity contribution in [3.63, 3.8) is 0 Å². The molecule has 6 nitrogen and oxygen atoms in total. The Morgan fingerprint density at radius 1 is 1.03 bits per heavy atom. The molecule has 0 aliphatic carbocycles. The van der Waals surface area contributed by atoms with Crippen LogP contribution in [-0.2, 0) is 13.1 Å².